The molecule has 0 rings (SSSR count). The summed E-state index contributed by atoms with van der Waals surface area (Å²) in [5, 5.41) is 17.0. The van der Waals surface area contributed by atoms with Gasteiger partial charge in [-0.05, 0) is 13.0 Å². The molecule has 0 aliphatic rings. The molecule has 0 aromatic rings. The van der Waals surface area contributed by atoms with Gasteiger partial charge in [0.25, 0.3) is 0 Å². The van der Waals surface area contributed by atoms with Gasteiger partial charge in [-0.15, -0.1) is 0 Å². The molecule has 0 aliphatic carbocycles. The van der Waals surface area contributed by atoms with E-state index in [1.165, 1.54) is 0 Å². The Kier molecular flexibility index (Phi) is 5.01. The van der Waals surface area contributed by atoms with Crippen molar-refractivity contribution in [2.75, 3.05) is 6.54 Å². The van der Waals surface area contributed by atoms with E-state index >= 15 is 0 Å². The van der Waals surface area contributed by atoms with Crippen molar-refractivity contribution in [1.29, 1.82) is 0 Å². The van der Waals surface area contributed by atoms with E-state index in [1.807, 2.05) is 0 Å². The second kappa shape index (κ2) is 5.50. The Labute approximate surface area is 75.5 Å². The third-order valence-electron chi connectivity index (χ3n) is 1.73. The van der Waals surface area contributed by atoms with Gasteiger partial charge in [0.15, 0.2) is 0 Å². The van der Waals surface area contributed by atoms with E-state index < -0.39 is 30.3 Å². The maximum absolute atomic E-state index is 10.6. The molecule has 0 aliphatic heterocycles. The van der Waals surface area contributed by atoms with Crippen LogP contribution in [0, 0.1) is 5.92 Å². The molecule has 0 radical (unpaired) electrons. The molecule has 76 valence electrons. The van der Waals surface area contributed by atoms with Crippen LogP contribution >= 0.6 is 0 Å². The topological polar surface area (TPSA) is 127 Å². The van der Waals surface area contributed by atoms with Crippen molar-refractivity contribution in [1.82, 2.24) is 0 Å². The zero-order chi connectivity index (χ0) is 10.4. The van der Waals surface area contributed by atoms with E-state index in [1.54, 1.807) is 0 Å². The SMILES string of the molecule is NCCC(N)C(CC(=O)O)C(=O)O. The number of rotatable bonds is 6. The monoisotopic (exact) mass is 190 g/mol. The van der Waals surface area contributed by atoms with Gasteiger partial charge in [0, 0.05) is 6.04 Å². The minimum absolute atomic E-state index is 0.255. The molecule has 6 N–H and O–H groups in total. The number of carboxylic acids is 2. The first kappa shape index (κ1) is 11.9. The summed E-state index contributed by atoms with van der Waals surface area (Å²) in [6.07, 6.45) is -0.152. The first-order chi connectivity index (χ1) is 5.99. The van der Waals surface area contributed by atoms with Crippen LogP contribution in [0.15, 0.2) is 0 Å². The lowest BCUT2D eigenvalue weighted by atomic mass is 9.94. The summed E-state index contributed by atoms with van der Waals surface area (Å²) in [5.74, 6) is -3.41. The zero-order valence-corrected chi connectivity index (χ0v) is 7.14. The lowest BCUT2D eigenvalue weighted by Gasteiger charge is -2.17. The van der Waals surface area contributed by atoms with Crippen LogP contribution in [-0.4, -0.2) is 34.7 Å². The standard InChI is InChI=1S/C7H14N2O4/c8-2-1-5(9)4(7(12)13)3-6(10)11/h4-5H,1-3,8-9H2,(H,10,11)(H,12,13). The molecule has 0 fully saturated rings. The molecule has 2 atom stereocenters. The average Bonchev–Trinajstić information content (AvgIpc) is 1.99. The summed E-state index contributed by atoms with van der Waals surface area (Å²) < 4.78 is 0. The van der Waals surface area contributed by atoms with Crippen LogP contribution in [0.3, 0.4) is 0 Å². The molecule has 0 amide bonds. The minimum Gasteiger partial charge on any atom is -0.481 e. The molecule has 0 saturated heterocycles. The van der Waals surface area contributed by atoms with Crippen molar-refractivity contribution in [3.05, 3.63) is 0 Å². The highest BCUT2D eigenvalue weighted by molar-refractivity contribution is 5.78. The third-order valence-corrected chi connectivity index (χ3v) is 1.73. The van der Waals surface area contributed by atoms with Crippen molar-refractivity contribution in [2.24, 2.45) is 17.4 Å². The Balaban J connectivity index is 4.23. The van der Waals surface area contributed by atoms with Crippen molar-refractivity contribution < 1.29 is 19.8 Å². The van der Waals surface area contributed by atoms with Crippen LogP contribution in [0.25, 0.3) is 0 Å². The van der Waals surface area contributed by atoms with Crippen molar-refractivity contribution >= 4 is 11.9 Å². The fourth-order valence-corrected chi connectivity index (χ4v) is 1.00. The Morgan fingerprint density at radius 2 is 1.85 bits per heavy atom. The van der Waals surface area contributed by atoms with Crippen molar-refractivity contribution in [2.45, 2.75) is 18.9 Å². The van der Waals surface area contributed by atoms with Gasteiger partial charge in [0.05, 0.1) is 12.3 Å². The Morgan fingerprint density at radius 3 is 2.15 bits per heavy atom. The first-order valence-corrected chi connectivity index (χ1v) is 3.89. The van der Waals surface area contributed by atoms with Gasteiger partial charge in [-0.3, -0.25) is 9.59 Å². The minimum atomic E-state index is -1.19. The lowest BCUT2D eigenvalue weighted by Crippen LogP contribution is -2.38. The second-order valence-electron chi connectivity index (χ2n) is 2.78. The Hall–Kier alpha value is -1.14. The fourth-order valence-electron chi connectivity index (χ4n) is 1.00. The van der Waals surface area contributed by atoms with Crippen LogP contribution in [-0.2, 0) is 9.59 Å². The smallest absolute Gasteiger partial charge is 0.308 e. The van der Waals surface area contributed by atoms with Gasteiger partial charge in [-0.2, -0.15) is 0 Å². The Morgan fingerprint density at radius 1 is 1.31 bits per heavy atom. The highest BCUT2D eigenvalue weighted by Gasteiger charge is 2.26. The predicted molar refractivity (Wildman–Crippen MR) is 45.0 cm³/mol. The number of hydrogen-bond donors (Lipinski definition) is 4. The number of nitrogens with two attached hydrogens (primary N) is 2. The highest BCUT2D eigenvalue weighted by Crippen LogP contribution is 2.10. The van der Waals surface area contributed by atoms with Crippen LogP contribution in [0.2, 0.25) is 0 Å². The Bertz CT molecular complexity index is 195. The number of aliphatic carboxylic acids is 2. The molecule has 2 unspecified atom stereocenters. The zero-order valence-electron chi connectivity index (χ0n) is 7.14. The van der Waals surface area contributed by atoms with Crippen molar-refractivity contribution in [3.8, 4) is 0 Å². The number of hydrogen-bond acceptors (Lipinski definition) is 4. The molecule has 6 heteroatoms. The molecule has 0 aromatic heterocycles. The van der Waals surface area contributed by atoms with E-state index in [0.717, 1.165) is 0 Å². The predicted octanol–water partition coefficient (Wildman–Crippen LogP) is -1.16. The maximum atomic E-state index is 10.6. The normalized spacial score (nSPS) is 14.9. The largest absolute Gasteiger partial charge is 0.481 e. The molecular formula is C7H14N2O4. The van der Waals surface area contributed by atoms with Crippen LogP contribution in [0.4, 0.5) is 0 Å². The number of carbonyl (C=O) groups is 2. The first-order valence-electron chi connectivity index (χ1n) is 3.89. The summed E-state index contributed by atoms with van der Waals surface area (Å²) >= 11 is 0. The van der Waals surface area contributed by atoms with E-state index in [9.17, 15) is 9.59 Å². The molecular weight excluding hydrogens is 176 g/mol. The quantitative estimate of drug-likeness (QED) is 0.418. The summed E-state index contributed by atoms with van der Waals surface area (Å²) in [4.78, 5) is 20.8. The summed E-state index contributed by atoms with van der Waals surface area (Å²) in [6.45, 7) is 0.255. The van der Waals surface area contributed by atoms with E-state index in [0.29, 0.717) is 6.42 Å². The third kappa shape index (κ3) is 4.44. The van der Waals surface area contributed by atoms with Crippen molar-refractivity contribution in [3.63, 3.8) is 0 Å². The molecule has 0 bridgehead atoms. The van der Waals surface area contributed by atoms with E-state index in [4.69, 9.17) is 21.7 Å². The summed E-state index contributed by atoms with van der Waals surface area (Å²) in [7, 11) is 0. The van der Waals surface area contributed by atoms with Gasteiger partial charge in [0.1, 0.15) is 0 Å². The highest BCUT2D eigenvalue weighted by atomic mass is 16.4. The van der Waals surface area contributed by atoms with Gasteiger partial charge in [-0.1, -0.05) is 0 Å². The molecule has 0 saturated carbocycles. The molecule has 6 nitrogen and oxygen atoms in total. The fraction of sp³-hybridized carbons (Fsp3) is 0.714. The van der Waals surface area contributed by atoms with Crippen LogP contribution in [0.1, 0.15) is 12.8 Å². The van der Waals surface area contributed by atoms with Crippen LogP contribution < -0.4 is 11.5 Å². The second-order valence-corrected chi connectivity index (χ2v) is 2.78. The van der Waals surface area contributed by atoms with Gasteiger partial charge < -0.3 is 21.7 Å². The maximum Gasteiger partial charge on any atom is 0.308 e. The summed E-state index contributed by atoms with van der Waals surface area (Å²) in [5.41, 5.74) is 10.6. The molecule has 0 heterocycles. The molecule has 13 heavy (non-hydrogen) atoms. The molecule has 0 spiro atoms. The van der Waals surface area contributed by atoms with E-state index in [-0.39, 0.29) is 6.54 Å². The average molecular weight is 190 g/mol. The molecule has 0 aromatic carbocycles. The van der Waals surface area contributed by atoms with E-state index in [2.05, 4.69) is 0 Å². The number of carboxylic acid groups (broad SMARTS) is 2. The van der Waals surface area contributed by atoms with Gasteiger partial charge >= 0.3 is 11.9 Å². The summed E-state index contributed by atoms with van der Waals surface area (Å²) in [6, 6.07) is -0.696. The lowest BCUT2D eigenvalue weighted by molar-refractivity contribution is -0.149. The van der Waals surface area contributed by atoms with Crippen LogP contribution in [0.5, 0.6) is 0 Å². The van der Waals surface area contributed by atoms with Gasteiger partial charge in [-0.25, -0.2) is 0 Å². The van der Waals surface area contributed by atoms with Gasteiger partial charge in [0.2, 0.25) is 0 Å².